The first-order valence-corrected chi connectivity index (χ1v) is 7.79. The lowest BCUT2D eigenvalue weighted by Gasteiger charge is -2.32. The van der Waals surface area contributed by atoms with Crippen LogP contribution in [0.15, 0.2) is 24.3 Å². The molecule has 0 heterocycles. The minimum absolute atomic E-state index is 0.0619. The maximum atomic E-state index is 13.0. The molecule has 1 aliphatic rings. The van der Waals surface area contributed by atoms with Crippen LogP contribution in [0.25, 0.3) is 0 Å². The summed E-state index contributed by atoms with van der Waals surface area (Å²) < 4.78 is 13.0. The first-order valence-electron chi connectivity index (χ1n) is 7.79. The van der Waals surface area contributed by atoms with Crippen molar-refractivity contribution in [2.75, 3.05) is 6.54 Å². The molecule has 1 aliphatic carbocycles. The molecular weight excluding hydrogens is 267 g/mol. The highest BCUT2D eigenvalue weighted by Crippen LogP contribution is 2.32. The number of amides is 1. The second-order valence-corrected chi connectivity index (χ2v) is 6.15. The van der Waals surface area contributed by atoms with Gasteiger partial charge in [0.1, 0.15) is 5.82 Å². The number of hydrogen-bond acceptors (Lipinski definition) is 2. The van der Waals surface area contributed by atoms with Crippen LogP contribution in [0.1, 0.15) is 57.6 Å². The summed E-state index contributed by atoms with van der Waals surface area (Å²) in [5.74, 6) is -0.161. The van der Waals surface area contributed by atoms with Gasteiger partial charge in [0.2, 0.25) is 5.91 Å². The van der Waals surface area contributed by atoms with Crippen LogP contribution in [0.3, 0.4) is 0 Å². The molecule has 1 saturated carbocycles. The fourth-order valence-corrected chi connectivity index (χ4v) is 3.25. The van der Waals surface area contributed by atoms with E-state index in [2.05, 4.69) is 0 Å². The highest BCUT2D eigenvalue weighted by molar-refractivity contribution is 5.78. The van der Waals surface area contributed by atoms with Crippen LogP contribution < -0.4 is 5.73 Å². The quantitative estimate of drug-likeness (QED) is 0.904. The maximum absolute atomic E-state index is 13.0. The molecule has 1 atom stereocenters. The Labute approximate surface area is 126 Å². The summed E-state index contributed by atoms with van der Waals surface area (Å²) in [6.07, 6.45) is 4.50. The van der Waals surface area contributed by atoms with Crippen molar-refractivity contribution >= 4 is 5.91 Å². The van der Waals surface area contributed by atoms with Crippen LogP contribution in [0.5, 0.6) is 0 Å². The molecular formula is C17H25FN2O. The standard InChI is InChI=1S/C17H25FN2O/c1-3-20(13(2)14-6-8-15(18)9-7-14)16(21)12-17(19)10-4-5-11-17/h6-9,13H,3-5,10-12,19H2,1-2H3. The topological polar surface area (TPSA) is 46.3 Å². The second kappa shape index (κ2) is 6.56. The summed E-state index contributed by atoms with van der Waals surface area (Å²) in [6, 6.07) is 6.29. The maximum Gasteiger partial charge on any atom is 0.224 e. The third-order valence-corrected chi connectivity index (χ3v) is 4.58. The molecule has 116 valence electrons. The van der Waals surface area contributed by atoms with E-state index in [0.717, 1.165) is 31.2 Å². The van der Waals surface area contributed by atoms with Gasteiger partial charge in [-0.15, -0.1) is 0 Å². The highest BCUT2D eigenvalue weighted by Gasteiger charge is 2.34. The summed E-state index contributed by atoms with van der Waals surface area (Å²) in [6.45, 7) is 4.58. The Morgan fingerprint density at radius 1 is 1.33 bits per heavy atom. The van der Waals surface area contributed by atoms with Crippen molar-refractivity contribution in [1.82, 2.24) is 4.90 Å². The van der Waals surface area contributed by atoms with Crippen molar-refractivity contribution < 1.29 is 9.18 Å². The van der Waals surface area contributed by atoms with E-state index in [9.17, 15) is 9.18 Å². The lowest BCUT2D eigenvalue weighted by molar-refractivity contribution is -0.134. The minimum atomic E-state index is -0.326. The van der Waals surface area contributed by atoms with Gasteiger partial charge in [-0.05, 0) is 44.4 Å². The van der Waals surface area contributed by atoms with E-state index >= 15 is 0 Å². The molecule has 21 heavy (non-hydrogen) atoms. The van der Waals surface area contributed by atoms with Crippen LogP contribution in [0.4, 0.5) is 4.39 Å². The normalized spacial score (nSPS) is 18.5. The third kappa shape index (κ3) is 3.82. The van der Waals surface area contributed by atoms with E-state index in [1.165, 1.54) is 12.1 Å². The summed E-state index contributed by atoms with van der Waals surface area (Å²) in [5, 5.41) is 0. The minimum Gasteiger partial charge on any atom is -0.336 e. The first-order chi connectivity index (χ1) is 9.95. The molecule has 0 aliphatic heterocycles. The lowest BCUT2D eigenvalue weighted by Crippen LogP contribution is -2.44. The molecule has 2 rings (SSSR count). The smallest absolute Gasteiger partial charge is 0.224 e. The van der Waals surface area contributed by atoms with Crippen LogP contribution >= 0.6 is 0 Å². The number of carbonyl (C=O) groups is 1. The molecule has 1 amide bonds. The largest absolute Gasteiger partial charge is 0.336 e. The Bertz CT molecular complexity index is 480. The molecule has 4 heteroatoms. The van der Waals surface area contributed by atoms with Crippen molar-refractivity contribution in [2.24, 2.45) is 5.73 Å². The summed E-state index contributed by atoms with van der Waals surface area (Å²) in [7, 11) is 0. The zero-order valence-corrected chi connectivity index (χ0v) is 12.9. The monoisotopic (exact) mass is 292 g/mol. The highest BCUT2D eigenvalue weighted by atomic mass is 19.1. The molecule has 1 aromatic rings. The van der Waals surface area contributed by atoms with Crippen molar-refractivity contribution in [3.8, 4) is 0 Å². The summed E-state index contributed by atoms with van der Waals surface area (Å²) in [5.41, 5.74) is 6.94. The number of hydrogen-bond donors (Lipinski definition) is 1. The van der Waals surface area contributed by atoms with Crippen molar-refractivity contribution in [2.45, 2.75) is 57.5 Å². The number of carbonyl (C=O) groups excluding carboxylic acids is 1. The fraction of sp³-hybridized carbons (Fsp3) is 0.588. The SMILES string of the molecule is CCN(C(=O)CC1(N)CCCC1)C(C)c1ccc(F)cc1. The number of nitrogens with zero attached hydrogens (tertiary/aromatic N) is 1. The lowest BCUT2D eigenvalue weighted by atomic mass is 9.93. The molecule has 0 radical (unpaired) electrons. The molecule has 0 bridgehead atoms. The van der Waals surface area contributed by atoms with Gasteiger partial charge in [0.25, 0.3) is 0 Å². The molecule has 0 spiro atoms. The predicted molar refractivity (Wildman–Crippen MR) is 82.2 cm³/mol. The van der Waals surface area contributed by atoms with Gasteiger partial charge in [0, 0.05) is 18.5 Å². The van der Waals surface area contributed by atoms with Crippen LogP contribution in [0, 0.1) is 5.82 Å². The van der Waals surface area contributed by atoms with Gasteiger partial charge in [0.15, 0.2) is 0 Å². The van der Waals surface area contributed by atoms with Gasteiger partial charge >= 0.3 is 0 Å². The van der Waals surface area contributed by atoms with Gasteiger partial charge in [0.05, 0.1) is 6.04 Å². The zero-order valence-electron chi connectivity index (χ0n) is 12.9. The Kier molecular flexibility index (Phi) is 4.99. The van der Waals surface area contributed by atoms with Crippen LogP contribution in [-0.2, 0) is 4.79 Å². The Morgan fingerprint density at radius 2 is 1.90 bits per heavy atom. The zero-order chi connectivity index (χ0) is 15.5. The fourth-order valence-electron chi connectivity index (χ4n) is 3.25. The van der Waals surface area contributed by atoms with Crippen molar-refractivity contribution in [3.05, 3.63) is 35.6 Å². The molecule has 0 aromatic heterocycles. The van der Waals surface area contributed by atoms with Crippen LogP contribution in [0.2, 0.25) is 0 Å². The first kappa shape index (κ1) is 16.0. The molecule has 1 unspecified atom stereocenters. The number of nitrogens with two attached hydrogens (primary N) is 1. The van der Waals surface area contributed by atoms with E-state index in [-0.39, 0.29) is 23.3 Å². The number of rotatable bonds is 5. The summed E-state index contributed by atoms with van der Waals surface area (Å²) in [4.78, 5) is 14.4. The van der Waals surface area contributed by atoms with Crippen molar-refractivity contribution in [3.63, 3.8) is 0 Å². The average molecular weight is 292 g/mol. The molecule has 2 N–H and O–H groups in total. The Hall–Kier alpha value is -1.42. The summed E-state index contributed by atoms with van der Waals surface area (Å²) >= 11 is 0. The molecule has 1 fully saturated rings. The number of benzene rings is 1. The molecule has 0 saturated heterocycles. The van der Waals surface area contributed by atoms with Gasteiger partial charge in [-0.1, -0.05) is 25.0 Å². The molecule has 3 nitrogen and oxygen atoms in total. The average Bonchev–Trinajstić information content (AvgIpc) is 2.86. The van der Waals surface area contributed by atoms with E-state index in [4.69, 9.17) is 5.73 Å². The third-order valence-electron chi connectivity index (χ3n) is 4.58. The van der Waals surface area contributed by atoms with E-state index < -0.39 is 0 Å². The van der Waals surface area contributed by atoms with Gasteiger partial charge < -0.3 is 10.6 Å². The second-order valence-electron chi connectivity index (χ2n) is 6.15. The van der Waals surface area contributed by atoms with Gasteiger partial charge in [-0.2, -0.15) is 0 Å². The number of halogens is 1. The predicted octanol–water partition coefficient (Wildman–Crippen LogP) is 3.40. The van der Waals surface area contributed by atoms with Gasteiger partial charge in [-0.25, -0.2) is 4.39 Å². The molecule has 1 aromatic carbocycles. The van der Waals surface area contributed by atoms with E-state index in [1.54, 1.807) is 12.1 Å². The Balaban J connectivity index is 2.07. The van der Waals surface area contributed by atoms with E-state index in [0.29, 0.717) is 13.0 Å². The Morgan fingerprint density at radius 3 is 2.43 bits per heavy atom. The van der Waals surface area contributed by atoms with E-state index in [1.807, 2.05) is 18.7 Å². The van der Waals surface area contributed by atoms with Crippen LogP contribution in [-0.4, -0.2) is 22.9 Å². The van der Waals surface area contributed by atoms with Gasteiger partial charge in [-0.3, -0.25) is 4.79 Å². The van der Waals surface area contributed by atoms with Crippen molar-refractivity contribution in [1.29, 1.82) is 0 Å².